The Kier molecular flexibility index (Phi) is 3.66. The zero-order valence-electron chi connectivity index (χ0n) is 11.1. The minimum atomic E-state index is -0.609. The molecule has 0 saturated heterocycles. The van der Waals surface area contributed by atoms with E-state index in [9.17, 15) is 5.11 Å². The molecular formula is C18H16O2. The van der Waals surface area contributed by atoms with E-state index in [1.165, 1.54) is 5.39 Å². The van der Waals surface area contributed by atoms with Crippen molar-refractivity contribution in [3.63, 3.8) is 0 Å². The summed E-state index contributed by atoms with van der Waals surface area (Å²) < 4.78 is 5.68. The zero-order valence-corrected chi connectivity index (χ0v) is 11.1. The molecule has 3 aromatic carbocycles. The number of hydrogen-bond donors (Lipinski definition) is 1. The van der Waals surface area contributed by atoms with Crippen LogP contribution in [0.4, 0.5) is 0 Å². The summed E-state index contributed by atoms with van der Waals surface area (Å²) in [7, 11) is 0. The second-order valence-electron chi connectivity index (χ2n) is 4.75. The predicted molar refractivity (Wildman–Crippen MR) is 80.8 cm³/mol. The van der Waals surface area contributed by atoms with E-state index < -0.39 is 6.10 Å². The first kappa shape index (κ1) is 12.7. The van der Waals surface area contributed by atoms with Gasteiger partial charge in [-0.25, -0.2) is 0 Å². The summed E-state index contributed by atoms with van der Waals surface area (Å²) in [5.74, 6) is 0.777. The highest BCUT2D eigenvalue weighted by molar-refractivity contribution is 5.83. The first-order valence-corrected chi connectivity index (χ1v) is 6.67. The van der Waals surface area contributed by atoms with Crippen LogP contribution in [0.15, 0.2) is 72.8 Å². The van der Waals surface area contributed by atoms with Gasteiger partial charge in [-0.05, 0) is 28.5 Å². The molecule has 20 heavy (non-hydrogen) atoms. The molecule has 0 aliphatic carbocycles. The largest absolute Gasteiger partial charge is 0.491 e. The van der Waals surface area contributed by atoms with Crippen molar-refractivity contribution in [1.29, 1.82) is 0 Å². The van der Waals surface area contributed by atoms with Gasteiger partial charge in [0.15, 0.2) is 0 Å². The molecule has 0 amide bonds. The fraction of sp³-hybridized carbons (Fsp3) is 0.111. The van der Waals surface area contributed by atoms with Crippen molar-refractivity contribution >= 4 is 10.8 Å². The Morgan fingerprint density at radius 1 is 0.800 bits per heavy atom. The van der Waals surface area contributed by atoms with Crippen LogP contribution in [0.1, 0.15) is 11.7 Å². The van der Waals surface area contributed by atoms with Crippen molar-refractivity contribution < 1.29 is 9.84 Å². The number of hydrogen-bond acceptors (Lipinski definition) is 2. The quantitative estimate of drug-likeness (QED) is 0.773. The summed E-state index contributed by atoms with van der Waals surface area (Å²) in [6.45, 7) is 0.252. The van der Waals surface area contributed by atoms with E-state index >= 15 is 0 Å². The molecule has 0 saturated carbocycles. The molecule has 100 valence electrons. The predicted octanol–water partition coefficient (Wildman–Crippen LogP) is 3.95. The van der Waals surface area contributed by atoms with E-state index in [1.807, 2.05) is 60.7 Å². The van der Waals surface area contributed by atoms with Crippen molar-refractivity contribution in [3.8, 4) is 5.75 Å². The second-order valence-corrected chi connectivity index (χ2v) is 4.75. The lowest BCUT2D eigenvalue weighted by Gasteiger charge is -2.13. The monoisotopic (exact) mass is 264 g/mol. The molecule has 0 fully saturated rings. The van der Waals surface area contributed by atoms with Crippen molar-refractivity contribution in [2.24, 2.45) is 0 Å². The summed E-state index contributed by atoms with van der Waals surface area (Å²) in [4.78, 5) is 0. The summed E-state index contributed by atoms with van der Waals surface area (Å²) in [6, 6.07) is 23.6. The van der Waals surface area contributed by atoms with Crippen LogP contribution in [0.2, 0.25) is 0 Å². The highest BCUT2D eigenvalue weighted by Gasteiger charge is 2.07. The molecule has 1 atom stereocenters. The van der Waals surface area contributed by atoms with Gasteiger partial charge in [0.25, 0.3) is 0 Å². The van der Waals surface area contributed by atoms with E-state index in [2.05, 4.69) is 12.1 Å². The van der Waals surface area contributed by atoms with Crippen LogP contribution in [-0.4, -0.2) is 11.7 Å². The minimum absolute atomic E-state index is 0.252. The summed E-state index contributed by atoms with van der Waals surface area (Å²) >= 11 is 0. The van der Waals surface area contributed by atoms with Gasteiger partial charge in [-0.3, -0.25) is 0 Å². The molecule has 0 spiro atoms. The maximum absolute atomic E-state index is 10.1. The molecule has 0 aliphatic heterocycles. The minimum Gasteiger partial charge on any atom is -0.491 e. The Bertz CT molecular complexity index is 692. The Balaban J connectivity index is 1.70. The summed E-state index contributed by atoms with van der Waals surface area (Å²) in [5.41, 5.74) is 0.869. The van der Waals surface area contributed by atoms with Crippen LogP contribution in [-0.2, 0) is 0 Å². The number of benzene rings is 3. The Labute approximate surface area is 118 Å². The van der Waals surface area contributed by atoms with Crippen molar-refractivity contribution in [2.45, 2.75) is 6.10 Å². The molecule has 3 rings (SSSR count). The van der Waals surface area contributed by atoms with Gasteiger partial charge in [-0.1, -0.05) is 60.7 Å². The zero-order chi connectivity index (χ0) is 13.8. The van der Waals surface area contributed by atoms with Crippen LogP contribution >= 0.6 is 0 Å². The average Bonchev–Trinajstić information content (AvgIpc) is 2.53. The number of fused-ring (bicyclic) bond motifs is 1. The number of aliphatic hydroxyl groups is 1. The third kappa shape index (κ3) is 2.81. The fourth-order valence-corrected chi connectivity index (χ4v) is 2.20. The van der Waals surface area contributed by atoms with Gasteiger partial charge in [-0.15, -0.1) is 0 Å². The molecule has 0 radical (unpaired) electrons. The highest BCUT2D eigenvalue weighted by Crippen LogP contribution is 2.22. The standard InChI is InChI=1S/C18H16O2/c19-18(15-7-2-1-3-8-15)13-20-17-11-10-14-6-4-5-9-16(14)12-17/h1-12,18-19H,13H2. The lowest BCUT2D eigenvalue weighted by atomic mass is 10.1. The van der Waals surface area contributed by atoms with Crippen molar-refractivity contribution in [1.82, 2.24) is 0 Å². The average molecular weight is 264 g/mol. The lowest BCUT2D eigenvalue weighted by molar-refractivity contribution is 0.108. The van der Waals surface area contributed by atoms with Crippen LogP contribution < -0.4 is 4.74 Å². The van der Waals surface area contributed by atoms with Gasteiger partial charge in [0.05, 0.1) is 0 Å². The molecule has 1 unspecified atom stereocenters. The third-order valence-electron chi connectivity index (χ3n) is 3.31. The maximum atomic E-state index is 10.1. The molecule has 2 heteroatoms. The van der Waals surface area contributed by atoms with Gasteiger partial charge in [0.1, 0.15) is 18.5 Å². The maximum Gasteiger partial charge on any atom is 0.120 e. The van der Waals surface area contributed by atoms with Gasteiger partial charge >= 0.3 is 0 Å². The molecule has 3 aromatic rings. The smallest absolute Gasteiger partial charge is 0.120 e. The molecule has 0 aliphatic rings. The molecular weight excluding hydrogens is 248 g/mol. The molecule has 2 nitrogen and oxygen atoms in total. The molecule has 0 bridgehead atoms. The Hall–Kier alpha value is -2.32. The van der Waals surface area contributed by atoms with Crippen molar-refractivity contribution in [3.05, 3.63) is 78.4 Å². The lowest BCUT2D eigenvalue weighted by Crippen LogP contribution is -2.09. The fourth-order valence-electron chi connectivity index (χ4n) is 2.20. The van der Waals surface area contributed by atoms with Crippen molar-refractivity contribution in [2.75, 3.05) is 6.61 Å². The van der Waals surface area contributed by atoms with Gasteiger partial charge in [0.2, 0.25) is 0 Å². The number of ether oxygens (including phenoxy) is 1. The van der Waals surface area contributed by atoms with E-state index in [1.54, 1.807) is 0 Å². The van der Waals surface area contributed by atoms with E-state index in [0.29, 0.717) is 0 Å². The summed E-state index contributed by atoms with van der Waals surface area (Å²) in [5, 5.41) is 12.4. The molecule has 1 N–H and O–H groups in total. The summed E-state index contributed by atoms with van der Waals surface area (Å²) in [6.07, 6.45) is -0.609. The molecule has 0 aromatic heterocycles. The van der Waals surface area contributed by atoms with Gasteiger partial charge < -0.3 is 9.84 Å². The number of aliphatic hydroxyl groups excluding tert-OH is 1. The van der Waals surface area contributed by atoms with Crippen LogP contribution in [0.5, 0.6) is 5.75 Å². The Morgan fingerprint density at radius 2 is 1.50 bits per heavy atom. The van der Waals surface area contributed by atoms with E-state index in [0.717, 1.165) is 16.7 Å². The van der Waals surface area contributed by atoms with Gasteiger partial charge in [-0.2, -0.15) is 0 Å². The van der Waals surface area contributed by atoms with Crippen LogP contribution in [0, 0.1) is 0 Å². The highest BCUT2D eigenvalue weighted by atomic mass is 16.5. The topological polar surface area (TPSA) is 29.5 Å². The van der Waals surface area contributed by atoms with Crippen LogP contribution in [0.3, 0.4) is 0 Å². The first-order valence-electron chi connectivity index (χ1n) is 6.67. The normalized spacial score (nSPS) is 12.2. The Morgan fingerprint density at radius 3 is 2.30 bits per heavy atom. The van der Waals surface area contributed by atoms with Gasteiger partial charge in [0, 0.05) is 0 Å². The van der Waals surface area contributed by atoms with E-state index in [-0.39, 0.29) is 6.61 Å². The third-order valence-corrected chi connectivity index (χ3v) is 3.31. The van der Waals surface area contributed by atoms with Crippen LogP contribution in [0.25, 0.3) is 10.8 Å². The SMILES string of the molecule is OC(COc1ccc2ccccc2c1)c1ccccc1. The second kappa shape index (κ2) is 5.76. The first-order chi connectivity index (χ1) is 9.83. The molecule has 0 heterocycles. The van der Waals surface area contributed by atoms with E-state index in [4.69, 9.17) is 4.74 Å². The number of rotatable bonds is 4.